The van der Waals surface area contributed by atoms with Crippen molar-refractivity contribution in [2.75, 3.05) is 33.2 Å². The van der Waals surface area contributed by atoms with Crippen LogP contribution in [0.5, 0.6) is 0 Å². The van der Waals surface area contributed by atoms with Gasteiger partial charge in [-0.05, 0) is 76.4 Å². The Morgan fingerprint density at radius 3 is 2.71 bits per heavy atom. The molecule has 5 heteroatoms. The highest BCUT2D eigenvalue weighted by molar-refractivity contribution is 5.79. The second-order valence-corrected chi connectivity index (χ2v) is 6.74. The summed E-state index contributed by atoms with van der Waals surface area (Å²) in [5.74, 6) is 1.46. The first-order valence-electron chi connectivity index (χ1n) is 9.04. The van der Waals surface area contributed by atoms with Crippen LogP contribution in [-0.4, -0.2) is 44.1 Å². The Hall–Kier alpha value is -1.62. The van der Waals surface area contributed by atoms with E-state index in [0.717, 1.165) is 30.5 Å². The number of halogens is 1. The van der Waals surface area contributed by atoms with Gasteiger partial charge in [0, 0.05) is 13.1 Å². The van der Waals surface area contributed by atoms with Gasteiger partial charge in [-0.1, -0.05) is 12.1 Å². The molecule has 0 atom stereocenters. The summed E-state index contributed by atoms with van der Waals surface area (Å²) in [6.45, 7) is 8.48. The van der Waals surface area contributed by atoms with Gasteiger partial charge in [0.25, 0.3) is 0 Å². The molecule has 0 aliphatic carbocycles. The van der Waals surface area contributed by atoms with Crippen molar-refractivity contribution in [1.29, 1.82) is 0 Å². The lowest BCUT2D eigenvalue weighted by Crippen LogP contribution is -2.39. The van der Waals surface area contributed by atoms with E-state index in [2.05, 4.69) is 34.5 Å². The summed E-state index contributed by atoms with van der Waals surface area (Å²) in [4.78, 5) is 6.97. The van der Waals surface area contributed by atoms with E-state index in [1.54, 1.807) is 19.1 Å². The van der Waals surface area contributed by atoms with Gasteiger partial charge in [0.15, 0.2) is 5.96 Å². The molecule has 1 aliphatic heterocycles. The maximum atomic E-state index is 13.6. The van der Waals surface area contributed by atoms with Gasteiger partial charge >= 0.3 is 0 Å². The van der Waals surface area contributed by atoms with Crippen LogP contribution in [0, 0.1) is 18.7 Å². The van der Waals surface area contributed by atoms with Crippen molar-refractivity contribution in [3.8, 4) is 0 Å². The number of guanidine groups is 1. The first kappa shape index (κ1) is 18.7. The quantitative estimate of drug-likeness (QED) is 0.621. The van der Waals surface area contributed by atoms with Crippen LogP contribution >= 0.6 is 0 Å². The molecule has 1 aromatic rings. The Balaban J connectivity index is 1.80. The Labute approximate surface area is 145 Å². The number of benzene rings is 1. The lowest BCUT2D eigenvalue weighted by atomic mass is 9.94. The van der Waals surface area contributed by atoms with Crippen molar-refractivity contribution in [2.24, 2.45) is 10.9 Å². The van der Waals surface area contributed by atoms with Gasteiger partial charge in [0.05, 0.1) is 6.54 Å². The van der Waals surface area contributed by atoms with E-state index >= 15 is 0 Å². The Kier molecular flexibility index (Phi) is 7.50. The second kappa shape index (κ2) is 9.62. The molecule has 0 unspecified atom stereocenters. The van der Waals surface area contributed by atoms with Gasteiger partial charge in [-0.3, -0.25) is 0 Å². The van der Waals surface area contributed by atoms with Crippen LogP contribution < -0.4 is 10.6 Å². The summed E-state index contributed by atoms with van der Waals surface area (Å²) in [6.07, 6.45) is 3.75. The average Bonchev–Trinajstić information content (AvgIpc) is 2.57. The lowest BCUT2D eigenvalue weighted by Gasteiger charge is -2.29. The fraction of sp³-hybridized carbons (Fsp3) is 0.632. The molecule has 0 saturated carbocycles. The molecule has 0 aromatic heterocycles. The second-order valence-electron chi connectivity index (χ2n) is 6.74. The molecule has 134 valence electrons. The van der Waals surface area contributed by atoms with Crippen LogP contribution in [0.15, 0.2) is 23.2 Å². The van der Waals surface area contributed by atoms with Gasteiger partial charge in [-0.25, -0.2) is 9.38 Å². The third-order valence-electron chi connectivity index (χ3n) is 4.68. The molecule has 0 spiro atoms. The van der Waals surface area contributed by atoms with E-state index in [0.29, 0.717) is 12.1 Å². The monoisotopic (exact) mass is 334 g/mol. The summed E-state index contributed by atoms with van der Waals surface area (Å²) >= 11 is 0. The molecule has 1 heterocycles. The minimum atomic E-state index is -0.164. The molecule has 2 rings (SSSR count). The SMILES string of the molecule is CCNC(=NCc1ccc(C)c(F)c1)NCCC1CCN(C)CC1. The van der Waals surface area contributed by atoms with Gasteiger partial charge in [0.1, 0.15) is 5.82 Å². The predicted octanol–water partition coefficient (Wildman–Crippen LogP) is 2.92. The summed E-state index contributed by atoms with van der Waals surface area (Å²) in [7, 11) is 2.19. The Morgan fingerprint density at radius 2 is 2.04 bits per heavy atom. The molecule has 0 radical (unpaired) electrons. The van der Waals surface area contributed by atoms with E-state index in [-0.39, 0.29) is 5.82 Å². The summed E-state index contributed by atoms with van der Waals surface area (Å²) in [5, 5.41) is 6.67. The van der Waals surface area contributed by atoms with Crippen molar-refractivity contribution in [3.05, 3.63) is 35.1 Å². The first-order chi connectivity index (χ1) is 11.6. The van der Waals surface area contributed by atoms with Crippen molar-refractivity contribution in [3.63, 3.8) is 0 Å². The lowest BCUT2D eigenvalue weighted by molar-refractivity contribution is 0.213. The first-order valence-corrected chi connectivity index (χ1v) is 9.04. The number of aliphatic imine (C=N–C) groups is 1. The Bertz CT molecular complexity index is 536. The molecule has 4 nitrogen and oxygen atoms in total. The molecule has 2 N–H and O–H groups in total. The van der Waals surface area contributed by atoms with Crippen molar-refractivity contribution >= 4 is 5.96 Å². The molecular weight excluding hydrogens is 303 g/mol. The number of likely N-dealkylation sites (tertiary alicyclic amines) is 1. The van der Waals surface area contributed by atoms with Gasteiger partial charge in [0.2, 0.25) is 0 Å². The van der Waals surface area contributed by atoms with E-state index in [1.165, 1.54) is 32.4 Å². The summed E-state index contributed by atoms with van der Waals surface area (Å²) in [6, 6.07) is 5.31. The summed E-state index contributed by atoms with van der Waals surface area (Å²) < 4.78 is 13.6. The van der Waals surface area contributed by atoms with E-state index in [4.69, 9.17) is 0 Å². The third kappa shape index (κ3) is 6.11. The molecule has 1 aliphatic rings. The average molecular weight is 334 g/mol. The fourth-order valence-corrected chi connectivity index (χ4v) is 2.99. The van der Waals surface area contributed by atoms with Crippen molar-refractivity contribution in [1.82, 2.24) is 15.5 Å². The Morgan fingerprint density at radius 1 is 1.29 bits per heavy atom. The predicted molar refractivity (Wildman–Crippen MR) is 98.8 cm³/mol. The maximum Gasteiger partial charge on any atom is 0.191 e. The van der Waals surface area contributed by atoms with Crippen LogP contribution in [0.1, 0.15) is 37.3 Å². The molecule has 1 saturated heterocycles. The number of nitrogens with one attached hydrogen (secondary N) is 2. The van der Waals surface area contributed by atoms with Crippen LogP contribution in [0.4, 0.5) is 4.39 Å². The molecule has 1 fully saturated rings. The third-order valence-corrected chi connectivity index (χ3v) is 4.68. The normalized spacial score (nSPS) is 17.1. The van der Waals surface area contributed by atoms with Crippen LogP contribution in [0.25, 0.3) is 0 Å². The van der Waals surface area contributed by atoms with Gasteiger partial charge < -0.3 is 15.5 Å². The zero-order chi connectivity index (χ0) is 17.4. The molecular formula is C19H31FN4. The van der Waals surface area contributed by atoms with E-state index in [9.17, 15) is 4.39 Å². The zero-order valence-corrected chi connectivity index (χ0v) is 15.2. The number of hydrogen-bond donors (Lipinski definition) is 2. The van der Waals surface area contributed by atoms with E-state index < -0.39 is 0 Å². The summed E-state index contributed by atoms with van der Waals surface area (Å²) in [5.41, 5.74) is 1.57. The molecule has 0 amide bonds. The number of piperidine rings is 1. The van der Waals surface area contributed by atoms with E-state index in [1.807, 2.05) is 6.07 Å². The minimum absolute atomic E-state index is 0.164. The maximum absolute atomic E-state index is 13.6. The number of aryl methyl sites for hydroxylation is 1. The van der Waals surface area contributed by atoms with Gasteiger partial charge in [-0.15, -0.1) is 0 Å². The standard InChI is InChI=1S/C19H31FN4/c1-4-21-19(22-10-7-16-8-11-24(3)12-9-16)23-14-17-6-5-15(2)18(20)13-17/h5-6,13,16H,4,7-12,14H2,1-3H3,(H2,21,22,23). The fourth-order valence-electron chi connectivity index (χ4n) is 2.99. The number of rotatable bonds is 6. The van der Waals surface area contributed by atoms with Crippen LogP contribution in [-0.2, 0) is 6.54 Å². The van der Waals surface area contributed by atoms with Crippen molar-refractivity contribution in [2.45, 2.75) is 39.7 Å². The number of nitrogens with zero attached hydrogens (tertiary/aromatic N) is 2. The number of hydrogen-bond acceptors (Lipinski definition) is 2. The topological polar surface area (TPSA) is 39.7 Å². The highest BCUT2D eigenvalue weighted by Gasteiger charge is 2.16. The molecule has 24 heavy (non-hydrogen) atoms. The van der Waals surface area contributed by atoms with Crippen LogP contribution in [0.2, 0.25) is 0 Å². The van der Waals surface area contributed by atoms with Crippen LogP contribution in [0.3, 0.4) is 0 Å². The van der Waals surface area contributed by atoms with Gasteiger partial charge in [-0.2, -0.15) is 0 Å². The molecule has 0 bridgehead atoms. The zero-order valence-electron chi connectivity index (χ0n) is 15.2. The molecule has 1 aromatic carbocycles. The minimum Gasteiger partial charge on any atom is -0.357 e. The highest BCUT2D eigenvalue weighted by Crippen LogP contribution is 2.18. The largest absolute Gasteiger partial charge is 0.357 e. The van der Waals surface area contributed by atoms with Crippen molar-refractivity contribution < 1.29 is 4.39 Å². The highest BCUT2D eigenvalue weighted by atomic mass is 19.1. The smallest absolute Gasteiger partial charge is 0.191 e.